The number of halogens is 1. The van der Waals surface area contributed by atoms with Crippen LogP contribution in [-0.4, -0.2) is 25.5 Å². The number of anilines is 1. The minimum Gasteiger partial charge on any atom is -0.447 e. The van der Waals surface area contributed by atoms with Crippen molar-refractivity contribution in [1.82, 2.24) is 0 Å². The Morgan fingerprint density at radius 2 is 2.31 bits per heavy atom. The van der Waals surface area contributed by atoms with E-state index in [2.05, 4.69) is 0 Å². The van der Waals surface area contributed by atoms with Gasteiger partial charge in [0.25, 0.3) is 0 Å². The Hall–Kier alpha value is -0.880. The molecular weight excluding hydrogens is 249 g/mol. The first-order valence-corrected chi connectivity index (χ1v) is 7.22. The summed E-state index contributed by atoms with van der Waals surface area (Å²) in [6, 6.07) is 4.74. The van der Waals surface area contributed by atoms with E-state index in [9.17, 15) is 9.18 Å². The van der Waals surface area contributed by atoms with Gasteiger partial charge in [-0.3, -0.25) is 4.90 Å². The lowest BCUT2D eigenvalue weighted by atomic mass is 10.3. The number of carbonyl (C=O) groups excluding carboxylic acids is 1. The van der Waals surface area contributed by atoms with E-state index in [4.69, 9.17) is 4.74 Å². The molecule has 0 aromatic heterocycles. The van der Waals surface area contributed by atoms with Crippen LogP contribution in [0.3, 0.4) is 0 Å². The van der Waals surface area contributed by atoms with Crippen molar-refractivity contribution in [1.29, 1.82) is 0 Å². The van der Waals surface area contributed by atoms with Crippen molar-refractivity contribution in [2.75, 3.05) is 24.3 Å². The van der Waals surface area contributed by atoms with Gasteiger partial charge in [0.1, 0.15) is 12.4 Å². The normalized spacial score (nSPS) is 15.4. The molecule has 0 unspecified atom stereocenters. The highest BCUT2D eigenvalue weighted by Gasteiger charge is 2.26. The van der Waals surface area contributed by atoms with E-state index in [0.29, 0.717) is 18.8 Å². The Balaban J connectivity index is 2.31. The molecule has 2 rings (SSSR count). The van der Waals surface area contributed by atoms with Gasteiger partial charge in [0.15, 0.2) is 0 Å². The standard InChI is InChI=1S/C10H10FNO2S2/c1-15-16-7-2-3-8(11)9(6-7)12-4-5-14-10(12)13/h2-3,6H,4-5H2,1H3. The highest BCUT2D eigenvalue weighted by Crippen LogP contribution is 2.33. The monoisotopic (exact) mass is 259 g/mol. The van der Waals surface area contributed by atoms with Crippen molar-refractivity contribution in [3.8, 4) is 0 Å². The Morgan fingerprint density at radius 3 is 2.94 bits per heavy atom. The number of hydrogen-bond donors (Lipinski definition) is 0. The van der Waals surface area contributed by atoms with Gasteiger partial charge >= 0.3 is 6.09 Å². The zero-order chi connectivity index (χ0) is 11.5. The average molecular weight is 259 g/mol. The number of nitrogens with zero attached hydrogens (tertiary/aromatic N) is 1. The van der Waals surface area contributed by atoms with Crippen LogP contribution in [0.5, 0.6) is 0 Å². The number of hydrogen-bond acceptors (Lipinski definition) is 4. The maximum atomic E-state index is 13.6. The van der Waals surface area contributed by atoms with Crippen molar-refractivity contribution in [3.63, 3.8) is 0 Å². The molecule has 1 amide bonds. The molecule has 0 saturated carbocycles. The van der Waals surface area contributed by atoms with E-state index in [1.807, 2.05) is 6.26 Å². The van der Waals surface area contributed by atoms with E-state index >= 15 is 0 Å². The quantitative estimate of drug-likeness (QED) is 0.780. The third-order valence-electron chi connectivity index (χ3n) is 2.15. The summed E-state index contributed by atoms with van der Waals surface area (Å²) in [4.78, 5) is 13.6. The van der Waals surface area contributed by atoms with Crippen molar-refractivity contribution >= 4 is 33.4 Å². The summed E-state index contributed by atoms with van der Waals surface area (Å²) in [5.74, 6) is -0.399. The maximum Gasteiger partial charge on any atom is 0.414 e. The molecule has 1 fully saturated rings. The molecule has 0 spiro atoms. The van der Waals surface area contributed by atoms with Gasteiger partial charge in [0.05, 0.1) is 12.2 Å². The average Bonchev–Trinajstić information content (AvgIpc) is 2.68. The molecule has 1 heterocycles. The molecule has 1 aliphatic rings. The molecule has 1 aromatic carbocycles. The molecule has 1 aliphatic heterocycles. The topological polar surface area (TPSA) is 29.5 Å². The number of ether oxygens (including phenoxy) is 1. The van der Waals surface area contributed by atoms with Gasteiger partial charge in [0.2, 0.25) is 0 Å². The fraction of sp³-hybridized carbons (Fsp3) is 0.300. The van der Waals surface area contributed by atoms with E-state index in [0.717, 1.165) is 4.90 Å². The van der Waals surface area contributed by atoms with Crippen LogP contribution in [0.1, 0.15) is 0 Å². The third kappa shape index (κ3) is 2.27. The second-order valence-electron chi connectivity index (χ2n) is 3.13. The highest BCUT2D eigenvalue weighted by atomic mass is 33.1. The fourth-order valence-electron chi connectivity index (χ4n) is 1.46. The van der Waals surface area contributed by atoms with Gasteiger partial charge in [-0.05, 0) is 24.5 Å². The molecule has 6 heteroatoms. The van der Waals surface area contributed by atoms with Gasteiger partial charge < -0.3 is 4.74 Å². The van der Waals surface area contributed by atoms with Crippen molar-refractivity contribution in [2.24, 2.45) is 0 Å². The lowest BCUT2D eigenvalue weighted by Gasteiger charge is -2.14. The lowest BCUT2D eigenvalue weighted by Crippen LogP contribution is -2.24. The summed E-state index contributed by atoms with van der Waals surface area (Å²) in [5.41, 5.74) is 0.293. The second-order valence-corrected chi connectivity index (χ2v) is 5.60. The highest BCUT2D eigenvalue weighted by molar-refractivity contribution is 8.76. The van der Waals surface area contributed by atoms with Crippen LogP contribution in [-0.2, 0) is 4.74 Å². The Bertz CT molecular complexity index is 414. The third-order valence-corrected chi connectivity index (χ3v) is 3.84. The van der Waals surface area contributed by atoms with Crippen LogP contribution >= 0.6 is 21.6 Å². The molecule has 0 radical (unpaired) electrons. The largest absolute Gasteiger partial charge is 0.447 e. The zero-order valence-electron chi connectivity index (χ0n) is 8.60. The smallest absolute Gasteiger partial charge is 0.414 e. The summed E-state index contributed by atoms with van der Waals surface area (Å²) in [6.45, 7) is 0.724. The number of amides is 1. The van der Waals surface area contributed by atoms with Crippen molar-refractivity contribution in [3.05, 3.63) is 24.0 Å². The molecule has 0 aliphatic carbocycles. The van der Waals surface area contributed by atoms with E-state index in [-0.39, 0.29) is 0 Å². The summed E-state index contributed by atoms with van der Waals surface area (Å²) in [5, 5.41) is 0. The first kappa shape index (κ1) is 11.6. The molecule has 0 atom stereocenters. The first-order valence-electron chi connectivity index (χ1n) is 4.67. The molecule has 1 saturated heterocycles. The van der Waals surface area contributed by atoms with Crippen molar-refractivity contribution < 1.29 is 13.9 Å². The Labute approximate surface area is 101 Å². The molecule has 0 bridgehead atoms. The van der Waals surface area contributed by atoms with E-state index < -0.39 is 11.9 Å². The minimum atomic E-state index is -0.481. The molecule has 0 N–H and O–H groups in total. The van der Waals surface area contributed by atoms with Gasteiger partial charge in [-0.2, -0.15) is 0 Å². The minimum absolute atomic E-state index is 0.293. The van der Waals surface area contributed by atoms with Crippen molar-refractivity contribution in [2.45, 2.75) is 4.90 Å². The second kappa shape index (κ2) is 4.97. The summed E-state index contributed by atoms with van der Waals surface area (Å²) in [6.07, 6.45) is 1.46. The van der Waals surface area contributed by atoms with E-state index in [1.165, 1.54) is 21.8 Å². The van der Waals surface area contributed by atoms with Crippen LogP contribution in [0.4, 0.5) is 14.9 Å². The molecule has 16 heavy (non-hydrogen) atoms. The number of carbonyl (C=O) groups is 1. The molecule has 86 valence electrons. The van der Waals surface area contributed by atoms with Crippen LogP contribution in [0, 0.1) is 5.82 Å². The van der Waals surface area contributed by atoms with Crippen LogP contribution in [0.2, 0.25) is 0 Å². The van der Waals surface area contributed by atoms with Crippen LogP contribution < -0.4 is 4.90 Å². The SMILES string of the molecule is CSSc1ccc(F)c(N2CCOC2=O)c1. The van der Waals surface area contributed by atoms with Gasteiger partial charge in [0, 0.05) is 4.90 Å². The summed E-state index contributed by atoms with van der Waals surface area (Å²) in [7, 11) is 3.10. The number of rotatable bonds is 3. The molecule has 3 nitrogen and oxygen atoms in total. The molecule has 1 aromatic rings. The van der Waals surface area contributed by atoms with E-state index in [1.54, 1.807) is 22.9 Å². The van der Waals surface area contributed by atoms with Gasteiger partial charge in [-0.1, -0.05) is 21.6 Å². The predicted octanol–water partition coefficient (Wildman–Crippen LogP) is 3.15. The van der Waals surface area contributed by atoms with Gasteiger partial charge in [-0.25, -0.2) is 9.18 Å². The number of benzene rings is 1. The van der Waals surface area contributed by atoms with Gasteiger partial charge in [-0.15, -0.1) is 0 Å². The Morgan fingerprint density at radius 1 is 1.50 bits per heavy atom. The van der Waals surface area contributed by atoms with Crippen LogP contribution in [0.15, 0.2) is 23.1 Å². The molecular formula is C10H10FNO2S2. The Kier molecular flexibility index (Phi) is 3.60. The lowest BCUT2D eigenvalue weighted by molar-refractivity contribution is 0.181. The first-order chi connectivity index (χ1) is 7.72. The fourth-order valence-corrected chi connectivity index (χ4v) is 2.82. The number of cyclic esters (lactones) is 1. The van der Waals surface area contributed by atoms with Crippen LogP contribution in [0.25, 0.3) is 0 Å². The predicted molar refractivity (Wildman–Crippen MR) is 64.5 cm³/mol. The summed E-state index contributed by atoms with van der Waals surface area (Å²) >= 11 is 0. The zero-order valence-corrected chi connectivity index (χ0v) is 10.2. The summed E-state index contributed by atoms with van der Waals surface area (Å²) < 4.78 is 18.4. The maximum absolute atomic E-state index is 13.6.